The van der Waals surface area contributed by atoms with Gasteiger partial charge < -0.3 is 10.1 Å². The Balaban J connectivity index is 2.04. The molecule has 4 heteroatoms. The number of benzene rings is 1. The number of hydrogen-bond acceptors (Lipinski definition) is 2. The van der Waals surface area contributed by atoms with Crippen molar-refractivity contribution in [2.24, 2.45) is 5.92 Å². The van der Waals surface area contributed by atoms with E-state index in [0.29, 0.717) is 6.04 Å². The van der Waals surface area contributed by atoms with Gasteiger partial charge in [0, 0.05) is 11.1 Å². The number of halogens is 2. The monoisotopic (exact) mass is 373 g/mol. The lowest BCUT2D eigenvalue weighted by atomic mass is 9.95. The van der Waals surface area contributed by atoms with Gasteiger partial charge in [-0.2, -0.15) is 0 Å². The van der Waals surface area contributed by atoms with Crippen molar-refractivity contribution in [2.45, 2.75) is 57.9 Å². The first-order chi connectivity index (χ1) is 10.1. The van der Waals surface area contributed by atoms with Crippen LogP contribution in [0.3, 0.4) is 0 Å². The second kappa shape index (κ2) is 8.28. The van der Waals surface area contributed by atoms with Gasteiger partial charge in [-0.3, -0.25) is 0 Å². The van der Waals surface area contributed by atoms with Crippen LogP contribution in [0.15, 0.2) is 16.6 Å². The molecule has 1 fully saturated rings. The highest BCUT2D eigenvalue weighted by atomic mass is 79.9. The third kappa shape index (κ3) is 4.79. The predicted molar refractivity (Wildman–Crippen MR) is 94.6 cm³/mol. The van der Waals surface area contributed by atoms with E-state index < -0.39 is 0 Å². The summed E-state index contributed by atoms with van der Waals surface area (Å²) in [6, 6.07) is 4.35. The van der Waals surface area contributed by atoms with Gasteiger partial charge in [-0.1, -0.05) is 44.2 Å². The number of anilines is 1. The smallest absolute Gasteiger partial charge is 0.156 e. The Morgan fingerprint density at radius 3 is 2.81 bits per heavy atom. The van der Waals surface area contributed by atoms with Gasteiger partial charge >= 0.3 is 0 Å². The molecule has 0 bridgehead atoms. The molecule has 2 rings (SSSR count). The van der Waals surface area contributed by atoms with Crippen LogP contribution in [0.25, 0.3) is 0 Å². The summed E-state index contributed by atoms with van der Waals surface area (Å²) in [7, 11) is 1.70. The molecule has 0 amide bonds. The van der Waals surface area contributed by atoms with Crippen molar-refractivity contribution in [3.05, 3.63) is 21.6 Å². The van der Waals surface area contributed by atoms with Gasteiger partial charge in [-0.25, -0.2) is 0 Å². The number of rotatable bonds is 5. The molecule has 2 atom stereocenters. The van der Waals surface area contributed by atoms with Gasteiger partial charge in [-0.05, 0) is 53.2 Å². The van der Waals surface area contributed by atoms with Crippen molar-refractivity contribution in [3.63, 3.8) is 0 Å². The summed E-state index contributed by atoms with van der Waals surface area (Å²) in [4.78, 5) is 0. The van der Waals surface area contributed by atoms with E-state index in [1.54, 1.807) is 7.11 Å². The van der Waals surface area contributed by atoms with Crippen LogP contribution in [0.1, 0.15) is 51.9 Å². The maximum absolute atomic E-state index is 6.17. The third-order valence-electron chi connectivity index (χ3n) is 4.36. The van der Waals surface area contributed by atoms with Gasteiger partial charge in [0.15, 0.2) is 5.75 Å². The predicted octanol–water partition coefficient (Wildman–Crippen LogP) is 6.27. The van der Waals surface area contributed by atoms with E-state index in [1.807, 2.05) is 12.1 Å². The van der Waals surface area contributed by atoms with Crippen LogP contribution in [0.5, 0.6) is 5.75 Å². The number of nitrogens with one attached hydrogen (secondary N) is 1. The van der Waals surface area contributed by atoms with Crippen molar-refractivity contribution in [1.82, 2.24) is 0 Å². The van der Waals surface area contributed by atoms with Gasteiger partial charge in [0.2, 0.25) is 0 Å². The lowest BCUT2D eigenvalue weighted by molar-refractivity contribution is 0.412. The summed E-state index contributed by atoms with van der Waals surface area (Å²) in [6.07, 6.45) is 9.16. The van der Waals surface area contributed by atoms with Crippen LogP contribution in [0, 0.1) is 5.92 Å². The molecule has 21 heavy (non-hydrogen) atoms. The highest BCUT2D eigenvalue weighted by molar-refractivity contribution is 9.10. The zero-order valence-corrected chi connectivity index (χ0v) is 15.3. The molecule has 1 aliphatic rings. The summed E-state index contributed by atoms with van der Waals surface area (Å²) in [5.41, 5.74) is 0.996. The highest BCUT2D eigenvalue weighted by Gasteiger charge is 2.20. The first-order valence-corrected chi connectivity index (χ1v) is 9.10. The molecule has 118 valence electrons. The molecule has 0 heterocycles. The molecule has 1 saturated carbocycles. The van der Waals surface area contributed by atoms with Gasteiger partial charge in [0.05, 0.1) is 17.3 Å². The van der Waals surface area contributed by atoms with Crippen LogP contribution in [0.2, 0.25) is 5.02 Å². The van der Waals surface area contributed by atoms with E-state index in [9.17, 15) is 0 Å². The Morgan fingerprint density at radius 2 is 2.10 bits per heavy atom. The van der Waals surface area contributed by atoms with Crippen molar-refractivity contribution in [1.29, 1.82) is 0 Å². The average molecular weight is 375 g/mol. The molecular formula is C17H25BrClNO. The molecule has 0 radical (unpaired) electrons. The lowest BCUT2D eigenvalue weighted by Crippen LogP contribution is -2.19. The molecule has 0 aromatic heterocycles. The fourth-order valence-electron chi connectivity index (χ4n) is 3.31. The van der Waals surface area contributed by atoms with Gasteiger partial charge in [0.25, 0.3) is 0 Å². The Labute approximate surface area is 141 Å². The molecule has 1 aromatic carbocycles. The Hall–Kier alpha value is -0.410. The zero-order valence-electron chi connectivity index (χ0n) is 12.9. The van der Waals surface area contributed by atoms with E-state index in [4.69, 9.17) is 16.3 Å². The van der Waals surface area contributed by atoms with E-state index in [-0.39, 0.29) is 0 Å². The number of hydrogen-bond donors (Lipinski definition) is 1. The Morgan fingerprint density at radius 1 is 1.29 bits per heavy atom. The number of methoxy groups -OCH3 is 1. The molecule has 1 aliphatic carbocycles. The fourth-order valence-corrected chi connectivity index (χ4v) is 4.29. The van der Waals surface area contributed by atoms with Crippen molar-refractivity contribution in [3.8, 4) is 5.75 Å². The minimum absolute atomic E-state index is 0.520. The largest absolute Gasteiger partial charge is 0.493 e. The van der Waals surface area contributed by atoms with Crippen LogP contribution in [-0.2, 0) is 0 Å². The Kier molecular flexibility index (Phi) is 6.69. The van der Waals surface area contributed by atoms with Crippen molar-refractivity contribution < 1.29 is 4.74 Å². The summed E-state index contributed by atoms with van der Waals surface area (Å²) >= 11 is 9.69. The SMILES string of the molecule is CCCC1CCCC(Nc2cc(Cl)cc(Br)c2OC)CC1. The second-order valence-electron chi connectivity index (χ2n) is 5.97. The average Bonchev–Trinajstić information content (AvgIpc) is 2.65. The second-order valence-corrected chi connectivity index (χ2v) is 7.26. The molecule has 2 unspecified atom stereocenters. The minimum Gasteiger partial charge on any atom is -0.493 e. The van der Waals surface area contributed by atoms with Crippen LogP contribution in [-0.4, -0.2) is 13.2 Å². The van der Waals surface area contributed by atoms with Crippen molar-refractivity contribution in [2.75, 3.05) is 12.4 Å². The van der Waals surface area contributed by atoms with Crippen LogP contribution >= 0.6 is 27.5 Å². The van der Waals surface area contributed by atoms with Gasteiger partial charge in [-0.15, -0.1) is 0 Å². The normalized spacial score (nSPS) is 22.7. The van der Waals surface area contributed by atoms with E-state index in [2.05, 4.69) is 28.2 Å². The quantitative estimate of drug-likeness (QED) is 0.613. The van der Waals surface area contributed by atoms with E-state index in [1.165, 1.54) is 44.9 Å². The molecule has 1 aromatic rings. The zero-order chi connectivity index (χ0) is 15.2. The first kappa shape index (κ1) is 17.0. The highest BCUT2D eigenvalue weighted by Crippen LogP contribution is 2.38. The summed E-state index contributed by atoms with van der Waals surface area (Å²) in [6.45, 7) is 2.29. The fraction of sp³-hybridized carbons (Fsp3) is 0.647. The topological polar surface area (TPSA) is 21.3 Å². The number of ether oxygens (including phenoxy) is 1. The van der Waals surface area contributed by atoms with E-state index in [0.717, 1.165) is 26.9 Å². The summed E-state index contributed by atoms with van der Waals surface area (Å²) in [5.74, 6) is 1.75. The molecule has 0 saturated heterocycles. The van der Waals surface area contributed by atoms with Crippen molar-refractivity contribution >= 4 is 33.2 Å². The maximum atomic E-state index is 6.17. The standard InChI is InChI=1S/C17H25BrClNO/c1-3-5-12-6-4-7-14(9-8-12)20-16-11-13(19)10-15(18)17(16)21-2/h10-12,14,20H,3-9H2,1-2H3. The third-order valence-corrected chi connectivity index (χ3v) is 5.16. The minimum atomic E-state index is 0.520. The lowest BCUT2D eigenvalue weighted by Gasteiger charge is -2.21. The molecular weight excluding hydrogens is 350 g/mol. The molecule has 1 N–H and O–H groups in total. The van der Waals surface area contributed by atoms with Crippen LogP contribution < -0.4 is 10.1 Å². The summed E-state index contributed by atoms with van der Waals surface area (Å²) < 4.78 is 6.40. The first-order valence-electron chi connectivity index (χ1n) is 7.93. The molecule has 0 aliphatic heterocycles. The van der Waals surface area contributed by atoms with Crippen LogP contribution in [0.4, 0.5) is 5.69 Å². The molecule has 0 spiro atoms. The Bertz CT molecular complexity index is 466. The molecule has 2 nitrogen and oxygen atoms in total. The summed E-state index contributed by atoms with van der Waals surface area (Å²) in [5, 5.41) is 4.37. The van der Waals surface area contributed by atoms with E-state index >= 15 is 0 Å². The maximum Gasteiger partial charge on any atom is 0.156 e. The van der Waals surface area contributed by atoms with Gasteiger partial charge in [0.1, 0.15) is 0 Å².